The molecule has 2 saturated carbocycles. The van der Waals surface area contributed by atoms with Crippen LogP contribution in [0.1, 0.15) is 109 Å². The number of hydrogen-bond donors (Lipinski definition) is 3. The van der Waals surface area contributed by atoms with E-state index in [0.29, 0.717) is 50.2 Å². The second-order valence-corrected chi connectivity index (χ2v) is 18.7. The van der Waals surface area contributed by atoms with Gasteiger partial charge in [0.25, 0.3) is 5.91 Å². The van der Waals surface area contributed by atoms with E-state index >= 15 is 0 Å². The Morgan fingerprint density at radius 2 is 1.69 bits per heavy atom. The number of carbonyl (C=O) groups is 5. The number of halogens is 1. The fraction of sp³-hybridized carbons (Fsp3) is 0.694. The second-order valence-electron chi connectivity index (χ2n) is 16.3. The quantitative estimate of drug-likeness (QED) is 0.393. The maximum Gasteiger partial charge on any atom is 0.410 e. The van der Waals surface area contributed by atoms with Crippen LogP contribution in [0.4, 0.5) is 4.79 Å². The van der Waals surface area contributed by atoms with Crippen molar-refractivity contribution in [2.75, 3.05) is 6.54 Å². The molecule has 0 spiro atoms. The number of nitrogens with zero attached hydrogens (tertiary/aromatic N) is 2. The van der Waals surface area contributed by atoms with Gasteiger partial charge in [-0.05, 0) is 66.7 Å². The smallest absolute Gasteiger partial charge is 0.410 e. The molecule has 13 nitrogen and oxygen atoms in total. The molecule has 1 aromatic rings. The van der Waals surface area contributed by atoms with E-state index in [0.717, 1.165) is 36.8 Å². The van der Waals surface area contributed by atoms with Crippen molar-refractivity contribution >= 4 is 51.3 Å². The van der Waals surface area contributed by atoms with Crippen molar-refractivity contribution in [3.8, 4) is 0 Å². The van der Waals surface area contributed by atoms with Crippen LogP contribution in [0.2, 0.25) is 5.02 Å². The Morgan fingerprint density at radius 1 is 1.00 bits per heavy atom. The van der Waals surface area contributed by atoms with Crippen LogP contribution in [0, 0.1) is 11.3 Å². The minimum absolute atomic E-state index is 0.0265. The minimum Gasteiger partial charge on any atom is -0.444 e. The highest BCUT2D eigenvalue weighted by Gasteiger charge is 2.62. The molecule has 5 atom stereocenters. The van der Waals surface area contributed by atoms with Crippen LogP contribution in [0.3, 0.4) is 0 Å². The molecule has 6 rings (SSSR count). The lowest BCUT2D eigenvalue weighted by Gasteiger charge is -2.30. The van der Waals surface area contributed by atoms with E-state index in [-0.39, 0.29) is 43.0 Å². The summed E-state index contributed by atoms with van der Waals surface area (Å²) in [6.07, 6.45) is 5.10. The molecular weight excluding hydrogens is 698 g/mol. The van der Waals surface area contributed by atoms with Crippen molar-refractivity contribution in [2.24, 2.45) is 11.3 Å². The summed E-state index contributed by atoms with van der Waals surface area (Å²) in [5.74, 6) is -2.37. The number of fused-ring (bicyclic) bond motifs is 3. The van der Waals surface area contributed by atoms with Crippen molar-refractivity contribution < 1.29 is 37.1 Å². The fourth-order valence-corrected chi connectivity index (χ4v) is 9.25. The average Bonchev–Trinajstić information content (AvgIpc) is 3.93. The summed E-state index contributed by atoms with van der Waals surface area (Å²) in [5.41, 5.74) is 0.121. The molecule has 3 aliphatic heterocycles. The van der Waals surface area contributed by atoms with E-state index in [2.05, 4.69) is 15.4 Å². The van der Waals surface area contributed by atoms with E-state index in [9.17, 15) is 32.4 Å². The number of benzene rings is 1. The lowest BCUT2D eigenvalue weighted by Crippen LogP contribution is -2.58. The molecule has 0 radical (unpaired) electrons. The number of carbonyl (C=O) groups excluding carboxylic acids is 5. The maximum atomic E-state index is 14.4. The summed E-state index contributed by atoms with van der Waals surface area (Å²) in [6.45, 7) is 6.36. The first-order chi connectivity index (χ1) is 24.0. The van der Waals surface area contributed by atoms with Gasteiger partial charge in [0.2, 0.25) is 27.7 Å². The largest absolute Gasteiger partial charge is 0.444 e. The monoisotopic (exact) mass is 747 g/mol. The van der Waals surface area contributed by atoms with Crippen molar-refractivity contribution in [1.29, 1.82) is 0 Å². The Hall–Kier alpha value is -3.39. The SMILES string of the molecule is CC(C)(C)CC(=O)N[C@H]1CCCCCCC[C@@H]2C[C@@]2(C(=O)NS(=O)(=O)C2CC2)NC(=O)[C@@H]2C[C@@H](OC(=O)N3Cc4ccc(Cl)cc4C3)CN2C1=O. The van der Waals surface area contributed by atoms with Crippen LogP contribution < -0.4 is 15.4 Å². The number of nitrogens with one attached hydrogen (secondary N) is 3. The first-order valence-corrected chi connectivity index (χ1v) is 20.2. The van der Waals surface area contributed by atoms with Gasteiger partial charge in [-0.3, -0.25) is 28.8 Å². The van der Waals surface area contributed by atoms with Crippen LogP contribution in [0.5, 0.6) is 0 Å². The molecule has 0 bridgehead atoms. The predicted molar refractivity (Wildman–Crippen MR) is 188 cm³/mol. The van der Waals surface area contributed by atoms with Crippen LogP contribution in [0.25, 0.3) is 0 Å². The summed E-state index contributed by atoms with van der Waals surface area (Å²) in [6, 6.07) is 3.41. The van der Waals surface area contributed by atoms with Crippen molar-refractivity contribution in [3.05, 3.63) is 34.3 Å². The summed E-state index contributed by atoms with van der Waals surface area (Å²) < 4.78 is 33.7. The van der Waals surface area contributed by atoms with Crippen LogP contribution in [-0.2, 0) is 47.0 Å². The Labute approximate surface area is 305 Å². The molecule has 4 fully saturated rings. The van der Waals surface area contributed by atoms with Gasteiger partial charge in [-0.25, -0.2) is 13.2 Å². The molecular formula is C36H50ClN5O8S. The molecule has 3 heterocycles. The van der Waals surface area contributed by atoms with Gasteiger partial charge in [0.1, 0.15) is 23.7 Å². The lowest BCUT2D eigenvalue weighted by atomic mass is 9.91. The molecule has 0 aromatic heterocycles. The van der Waals surface area contributed by atoms with Gasteiger partial charge in [-0.1, -0.05) is 70.5 Å². The van der Waals surface area contributed by atoms with Gasteiger partial charge >= 0.3 is 6.09 Å². The molecule has 51 heavy (non-hydrogen) atoms. The van der Waals surface area contributed by atoms with Crippen molar-refractivity contribution in [2.45, 2.75) is 140 Å². The molecule has 3 N–H and O–H groups in total. The van der Waals surface area contributed by atoms with Gasteiger partial charge < -0.3 is 20.3 Å². The predicted octanol–water partition coefficient (Wildman–Crippen LogP) is 3.91. The Kier molecular flexibility index (Phi) is 10.7. The maximum absolute atomic E-state index is 14.4. The Bertz CT molecular complexity index is 1680. The third-order valence-corrected chi connectivity index (χ3v) is 12.7. The summed E-state index contributed by atoms with van der Waals surface area (Å²) in [7, 11) is -3.87. The second kappa shape index (κ2) is 14.6. The summed E-state index contributed by atoms with van der Waals surface area (Å²) in [4.78, 5) is 71.7. The Morgan fingerprint density at radius 3 is 2.39 bits per heavy atom. The number of amides is 5. The first kappa shape index (κ1) is 37.4. The molecule has 280 valence electrons. The average molecular weight is 748 g/mol. The number of sulfonamides is 1. The standard InChI is InChI=1S/C36H50ClN5O8S/c1-35(2,3)18-30(43)38-28-10-8-6-4-5-7-9-24-17-36(24,33(46)40-51(48,49)27-13-14-27)39-31(44)29-16-26(21-42(29)32(28)45)50-34(47)41-19-22-11-12-25(37)15-23(22)20-41/h11-12,15,24,26-29H,4-10,13-14,16-21H2,1-3H3,(H,38,43)(H,39,44)(H,40,46)/t24-,26-,28+,29+,36-/m1/s1. The third-order valence-electron chi connectivity index (χ3n) is 10.7. The molecule has 2 aliphatic carbocycles. The lowest BCUT2D eigenvalue weighted by molar-refractivity contribution is -0.142. The first-order valence-electron chi connectivity index (χ1n) is 18.3. The normalized spacial score (nSPS) is 28.7. The molecule has 15 heteroatoms. The fourth-order valence-electron chi connectivity index (χ4n) is 7.69. The minimum atomic E-state index is -3.87. The van der Waals surface area contributed by atoms with Crippen LogP contribution in [0.15, 0.2) is 18.2 Å². The van der Waals surface area contributed by atoms with Gasteiger partial charge in [0.15, 0.2) is 0 Å². The third kappa shape index (κ3) is 8.81. The van der Waals surface area contributed by atoms with E-state index in [1.54, 1.807) is 12.1 Å². The van der Waals surface area contributed by atoms with E-state index in [1.807, 2.05) is 26.8 Å². The van der Waals surface area contributed by atoms with Crippen LogP contribution >= 0.6 is 11.6 Å². The zero-order valence-electron chi connectivity index (χ0n) is 29.7. The zero-order valence-corrected chi connectivity index (χ0v) is 31.2. The van der Waals surface area contributed by atoms with E-state index in [4.69, 9.17) is 16.3 Å². The van der Waals surface area contributed by atoms with Gasteiger partial charge in [-0.15, -0.1) is 0 Å². The molecule has 5 aliphatic rings. The van der Waals surface area contributed by atoms with Crippen molar-refractivity contribution in [1.82, 2.24) is 25.2 Å². The zero-order chi connectivity index (χ0) is 36.7. The summed E-state index contributed by atoms with van der Waals surface area (Å²) >= 11 is 6.16. The molecule has 1 aromatic carbocycles. The van der Waals surface area contributed by atoms with E-state index in [1.165, 1.54) is 9.80 Å². The van der Waals surface area contributed by atoms with E-state index < -0.39 is 62.8 Å². The number of ether oxygens (including phenoxy) is 1. The van der Waals surface area contributed by atoms with Gasteiger partial charge in [0.05, 0.1) is 11.8 Å². The highest BCUT2D eigenvalue weighted by molar-refractivity contribution is 7.91. The molecule has 5 amide bonds. The number of rotatable bonds is 6. The molecule has 0 unspecified atom stereocenters. The highest BCUT2D eigenvalue weighted by Crippen LogP contribution is 2.48. The van der Waals surface area contributed by atoms with Crippen molar-refractivity contribution in [3.63, 3.8) is 0 Å². The van der Waals surface area contributed by atoms with Crippen LogP contribution in [-0.4, -0.2) is 83.5 Å². The highest BCUT2D eigenvalue weighted by atomic mass is 35.5. The summed E-state index contributed by atoms with van der Waals surface area (Å²) in [5, 5.41) is 5.76. The topological polar surface area (TPSA) is 171 Å². The van der Waals surface area contributed by atoms with Gasteiger partial charge in [0, 0.05) is 31.0 Å². The molecule has 2 saturated heterocycles. The Balaban J connectivity index is 1.24. The van der Waals surface area contributed by atoms with Gasteiger partial charge in [-0.2, -0.15) is 0 Å². The number of hydrogen-bond acceptors (Lipinski definition) is 8.